The van der Waals surface area contributed by atoms with Gasteiger partial charge in [-0.15, -0.1) is 11.3 Å². The van der Waals surface area contributed by atoms with Crippen LogP contribution in [0.1, 0.15) is 10.6 Å². The van der Waals surface area contributed by atoms with Crippen molar-refractivity contribution in [3.63, 3.8) is 0 Å². The van der Waals surface area contributed by atoms with Crippen molar-refractivity contribution in [3.8, 4) is 10.6 Å². The van der Waals surface area contributed by atoms with Crippen LogP contribution in [-0.2, 0) is 16.1 Å². The van der Waals surface area contributed by atoms with Crippen molar-refractivity contribution in [1.82, 2.24) is 10.3 Å². The fourth-order valence-corrected chi connectivity index (χ4v) is 2.78. The van der Waals surface area contributed by atoms with Gasteiger partial charge in [0.15, 0.2) is 6.10 Å². The van der Waals surface area contributed by atoms with Crippen LogP contribution in [0.3, 0.4) is 0 Å². The molecule has 1 aliphatic heterocycles. The Kier molecular flexibility index (Phi) is 3.31. The van der Waals surface area contributed by atoms with Crippen LogP contribution < -0.4 is 5.32 Å². The molecule has 0 radical (unpaired) electrons. The molecule has 19 heavy (non-hydrogen) atoms. The molecule has 0 aliphatic carbocycles. The van der Waals surface area contributed by atoms with Crippen LogP contribution in [0.2, 0.25) is 0 Å². The first kappa shape index (κ1) is 12.3. The number of hydrogen-bond donors (Lipinski definition) is 1. The topological polar surface area (TPSA) is 54.5 Å². The number of carbonyl (C=O) groups excluding carboxylic acids is 1. The number of ether oxygens (including phenoxy) is 1. The number of thiazole rings is 1. The normalized spacial score (nSPS) is 17.2. The minimum absolute atomic E-state index is 0.0333. The molecular formula is C14H14N2O2S. The fourth-order valence-electron chi connectivity index (χ4n) is 1.78. The molecule has 0 bridgehead atoms. The highest BCUT2D eigenvalue weighted by molar-refractivity contribution is 7.15. The Morgan fingerprint density at radius 2 is 2.21 bits per heavy atom. The first-order valence-corrected chi connectivity index (χ1v) is 6.97. The first-order valence-electron chi connectivity index (χ1n) is 6.15. The summed E-state index contributed by atoms with van der Waals surface area (Å²) in [6.07, 6.45) is -0.234. The zero-order valence-corrected chi connectivity index (χ0v) is 11.4. The monoisotopic (exact) mass is 274 g/mol. The fraction of sp³-hybridized carbons (Fsp3) is 0.286. The van der Waals surface area contributed by atoms with Crippen molar-refractivity contribution in [1.29, 1.82) is 0 Å². The van der Waals surface area contributed by atoms with Crippen LogP contribution in [0, 0.1) is 6.92 Å². The SMILES string of the molecule is Cc1nc(-c2ccccc2)sc1CNC(=O)C1CO1. The van der Waals surface area contributed by atoms with Gasteiger partial charge in [-0.1, -0.05) is 30.3 Å². The Morgan fingerprint density at radius 3 is 2.89 bits per heavy atom. The minimum Gasteiger partial charge on any atom is -0.363 e. The van der Waals surface area contributed by atoms with Crippen molar-refractivity contribution >= 4 is 17.2 Å². The third-order valence-corrected chi connectivity index (χ3v) is 4.17. The summed E-state index contributed by atoms with van der Waals surface area (Å²) in [6, 6.07) is 10.1. The van der Waals surface area contributed by atoms with Crippen molar-refractivity contribution in [3.05, 3.63) is 40.9 Å². The molecule has 1 aliphatic rings. The average Bonchev–Trinajstić information content (AvgIpc) is 3.21. The Balaban J connectivity index is 1.72. The molecule has 3 rings (SSSR count). The highest BCUT2D eigenvalue weighted by Crippen LogP contribution is 2.27. The van der Waals surface area contributed by atoms with Crippen molar-refractivity contribution in [2.75, 3.05) is 6.61 Å². The number of aromatic nitrogens is 1. The van der Waals surface area contributed by atoms with E-state index >= 15 is 0 Å². The molecule has 1 unspecified atom stereocenters. The maximum absolute atomic E-state index is 11.5. The molecule has 2 heterocycles. The van der Waals surface area contributed by atoms with E-state index in [1.54, 1.807) is 11.3 Å². The summed E-state index contributed by atoms with van der Waals surface area (Å²) in [5.41, 5.74) is 2.08. The standard InChI is InChI=1S/C14H14N2O2S/c1-9-12(7-15-13(17)11-8-18-11)19-14(16-9)10-5-3-2-4-6-10/h2-6,11H,7-8H2,1H3,(H,15,17). The molecule has 1 N–H and O–H groups in total. The van der Waals surface area contributed by atoms with Crippen LogP contribution in [0.15, 0.2) is 30.3 Å². The predicted molar refractivity (Wildman–Crippen MR) is 73.9 cm³/mol. The summed E-state index contributed by atoms with van der Waals surface area (Å²) in [4.78, 5) is 17.2. The van der Waals surface area contributed by atoms with Gasteiger partial charge in [-0.25, -0.2) is 4.98 Å². The van der Waals surface area contributed by atoms with E-state index in [0.717, 1.165) is 21.1 Å². The number of carbonyl (C=O) groups is 1. The number of hydrogen-bond acceptors (Lipinski definition) is 4. The van der Waals surface area contributed by atoms with Gasteiger partial charge in [0.1, 0.15) is 5.01 Å². The van der Waals surface area contributed by atoms with Gasteiger partial charge in [-0.05, 0) is 6.92 Å². The van der Waals surface area contributed by atoms with E-state index in [1.165, 1.54) is 0 Å². The second kappa shape index (κ2) is 5.11. The molecule has 1 atom stereocenters. The lowest BCUT2D eigenvalue weighted by Crippen LogP contribution is -2.27. The molecule has 1 aromatic carbocycles. The molecule has 0 spiro atoms. The Bertz CT molecular complexity index is 591. The molecule has 1 fully saturated rings. The number of epoxide rings is 1. The molecular weight excluding hydrogens is 260 g/mol. The van der Waals surface area contributed by atoms with Gasteiger partial charge >= 0.3 is 0 Å². The van der Waals surface area contributed by atoms with Gasteiger partial charge in [0.05, 0.1) is 18.8 Å². The second-order valence-electron chi connectivity index (χ2n) is 4.43. The molecule has 1 aromatic heterocycles. The van der Waals surface area contributed by atoms with E-state index in [9.17, 15) is 4.79 Å². The summed E-state index contributed by atoms with van der Waals surface area (Å²) >= 11 is 1.62. The summed E-state index contributed by atoms with van der Waals surface area (Å²) < 4.78 is 4.94. The van der Waals surface area contributed by atoms with Gasteiger partial charge in [-0.3, -0.25) is 4.79 Å². The van der Waals surface area contributed by atoms with Gasteiger partial charge in [-0.2, -0.15) is 0 Å². The molecule has 2 aromatic rings. The molecule has 1 amide bonds. The number of benzene rings is 1. The lowest BCUT2D eigenvalue weighted by molar-refractivity contribution is -0.122. The van der Waals surface area contributed by atoms with Crippen LogP contribution >= 0.6 is 11.3 Å². The van der Waals surface area contributed by atoms with E-state index in [2.05, 4.69) is 10.3 Å². The number of nitrogens with zero attached hydrogens (tertiary/aromatic N) is 1. The third kappa shape index (κ3) is 2.83. The Labute approximate surface area is 115 Å². The largest absolute Gasteiger partial charge is 0.363 e. The summed E-state index contributed by atoms with van der Waals surface area (Å²) in [5, 5.41) is 3.86. The van der Waals surface area contributed by atoms with E-state index in [-0.39, 0.29) is 12.0 Å². The van der Waals surface area contributed by atoms with Gasteiger partial charge < -0.3 is 10.1 Å². The second-order valence-corrected chi connectivity index (χ2v) is 5.52. The molecule has 4 nitrogen and oxygen atoms in total. The molecule has 98 valence electrons. The van der Waals surface area contributed by atoms with E-state index in [1.807, 2.05) is 37.3 Å². The lowest BCUT2D eigenvalue weighted by atomic mass is 10.2. The minimum atomic E-state index is -0.234. The van der Waals surface area contributed by atoms with Crippen LogP contribution in [0.25, 0.3) is 10.6 Å². The molecule has 1 saturated heterocycles. The maximum atomic E-state index is 11.5. The lowest BCUT2D eigenvalue weighted by Gasteiger charge is -2.00. The highest BCUT2D eigenvalue weighted by Gasteiger charge is 2.31. The van der Waals surface area contributed by atoms with Crippen molar-refractivity contribution in [2.24, 2.45) is 0 Å². The highest BCUT2D eigenvalue weighted by atomic mass is 32.1. The smallest absolute Gasteiger partial charge is 0.251 e. The maximum Gasteiger partial charge on any atom is 0.251 e. The van der Waals surface area contributed by atoms with E-state index in [4.69, 9.17) is 4.74 Å². The van der Waals surface area contributed by atoms with Gasteiger partial charge in [0.2, 0.25) is 0 Å². The van der Waals surface area contributed by atoms with Crippen LogP contribution in [0.4, 0.5) is 0 Å². The van der Waals surface area contributed by atoms with Crippen molar-refractivity contribution < 1.29 is 9.53 Å². The van der Waals surface area contributed by atoms with Gasteiger partial charge in [0, 0.05) is 10.4 Å². The number of amides is 1. The average molecular weight is 274 g/mol. The summed E-state index contributed by atoms with van der Waals surface area (Å²) in [6.45, 7) is 3.04. The Hall–Kier alpha value is -1.72. The third-order valence-electron chi connectivity index (χ3n) is 2.96. The molecule has 5 heteroatoms. The number of nitrogens with one attached hydrogen (secondary N) is 1. The zero-order chi connectivity index (χ0) is 13.2. The van der Waals surface area contributed by atoms with Crippen LogP contribution in [-0.4, -0.2) is 23.6 Å². The zero-order valence-electron chi connectivity index (χ0n) is 10.6. The number of aryl methyl sites for hydroxylation is 1. The number of rotatable bonds is 4. The molecule has 0 saturated carbocycles. The van der Waals surface area contributed by atoms with E-state index in [0.29, 0.717) is 13.2 Å². The van der Waals surface area contributed by atoms with Crippen molar-refractivity contribution in [2.45, 2.75) is 19.6 Å². The Morgan fingerprint density at radius 1 is 1.47 bits per heavy atom. The first-order chi connectivity index (χ1) is 9.24. The summed E-state index contributed by atoms with van der Waals surface area (Å²) in [5.74, 6) is -0.0333. The quantitative estimate of drug-likeness (QED) is 0.869. The van der Waals surface area contributed by atoms with Crippen LogP contribution in [0.5, 0.6) is 0 Å². The van der Waals surface area contributed by atoms with Gasteiger partial charge in [0.25, 0.3) is 5.91 Å². The predicted octanol–water partition coefficient (Wildman–Crippen LogP) is 2.13. The summed E-state index contributed by atoms with van der Waals surface area (Å²) in [7, 11) is 0. The van der Waals surface area contributed by atoms with E-state index < -0.39 is 0 Å².